The van der Waals surface area contributed by atoms with Crippen LogP contribution in [-0.4, -0.2) is 16.1 Å². The highest BCUT2D eigenvalue weighted by atomic mass is 16.3. The number of hydrogen-bond acceptors (Lipinski definition) is 4. The van der Waals surface area contributed by atoms with Gasteiger partial charge in [0.25, 0.3) is 5.91 Å². The van der Waals surface area contributed by atoms with Gasteiger partial charge in [0, 0.05) is 11.4 Å². The van der Waals surface area contributed by atoms with Crippen molar-refractivity contribution in [3.8, 4) is 11.5 Å². The smallest absolute Gasteiger partial charge is 0.259 e. The standard InChI is InChI=1S/C13H12N2O3/c14-8-3-1-4-9(7-8)15-13(18)10-5-2-6-11(16)12(10)17/h1-7,16-17H,14H2,(H,15,18). The van der Waals surface area contributed by atoms with Gasteiger partial charge < -0.3 is 21.3 Å². The number of aromatic hydroxyl groups is 2. The summed E-state index contributed by atoms with van der Waals surface area (Å²) in [5.41, 5.74) is 6.62. The summed E-state index contributed by atoms with van der Waals surface area (Å²) < 4.78 is 0. The third kappa shape index (κ3) is 2.35. The Kier molecular flexibility index (Phi) is 3.05. The van der Waals surface area contributed by atoms with E-state index in [1.54, 1.807) is 24.3 Å². The maximum Gasteiger partial charge on any atom is 0.259 e. The lowest BCUT2D eigenvalue weighted by Crippen LogP contribution is -2.12. The molecule has 5 heteroatoms. The van der Waals surface area contributed by atoms with E-state index in [4.69, 9.17) is 5.73 Å². The van der Waals surface area contributed by atoms with E-state index in [0.717, 1.165) is 0 Å². The highest BCUT2D eigenvalue weighted by molar-refractivity contribution is 6.06. The van der Waals surface area contributed by atoms with E-state index in [9.17, 15) is 15.0 Å². The Balaban J connectivity index is 2.25. The van der Waals surface area contributed by atoms with Crippen molar-refractivity contribution in [2.75, 3.05) is 11.1 Å². The fraction of sp³-hybridized carbons (Fsp3) is 0. The monoisotopic (exact) mass is 244 g/mol. The van der Waals surface area contributed by atoms with Crippen molar-refractivity contribution in [2.24, 2.45) is 0 Å². The van der Waals surface area contributed by atoms with E-state index >= 15 is 0 Å². The number of rotatable bonds is 2. The van der Waals surface area contributed by atoms with Crippen LogP contribution in [0.15, 0.2) is 42.5 Å². The molecule has 0 aliphatic carbocycles. The van der Waals surface area contributed by atoms with Crippen molar-refractivity contribution in [2.45, 2.75) is 0 Å². The summed E-state index contributed by atoms with van der Waals surface area (Å²) in [5, 5.41) is 21.5. The molecule has 92 valence electrons. The SMILES string of the molecule is Nc1cccc(NC(=O)c2cccc(O)c2O)c1. The van der Waals surface area contributed by atoms with E-state index in [2.05, 4.69) is 5.32 Å². The zero-order valence-electron chi connectivity index (χ0n) is 9.42. The maximum atomic E-state index is 11.9. The van der Waals surface area contributed by atoms with Gasteiger partial charge in [-0.3, -0.25) is 4.79 Å². The molecule has 0 aliphatic heterocycles. The van der Waals surface area contributed by atoms with Gasteiger partial charge in [-0.15, -0.1) is 0 Å². The molecule has 2 aromatic rings. The largest absolute Gasteiger partial charge is 0.504 e. The van der Waals surface area contributed by atoms with Crippen LogP contribution >= 0.6 is 0 Å². The molecule has 5 N–H and O–H groups in total. The molecule has 0 saturated carbocycles. The summed E-state index contributed by atoms with van der Waals surface area (Å²) in [4.78, 5) is 11.9. The summed E-state index contributed by atoms with van der Waals surface area (Å²) in [6.45, 7) is 0. The quantitative estimate of drug-likeness (QED) is 0.479. The lowest BCUT2D eigenvalue weighted by molar-refractivity contribution is 0.102. The number of phenols is 2. The van der Waals surface area contributed by atoms with Crippen LogP contribution in [0.3, 0.4) is 0 Å². The van der Waals surface area contributed by atoms with E-state index < -0.39 is 11.7 Å². The molecule has 0 atom stereocenters. The van der Waals surface area contributed by atoms with E-state index in [-0.39, 0.29) is 11.3 Å². The summed E-state index contributed by atoms with van der Waals surface area (Å²) in [6, 6.07) is 10.9. The lowest BCUT2D eigenvalue weighted by Gasteiger charge is -2.08. The number of benzene rings is 2. The number of para-hydroxylation sites is 1. The number of nitrogens with one attached hydrogen (secondary N) is 1. The molecule has 18 heavy (non-hydrogen) atoms. The third-order valence-corrected chi connectivity index (χ3v) is 2.40. The first-order valence-electron chi connectivity index (χ1n) is 5.26. The highest BCUT2D eigenvalue weighted by Gasteiger charge is 2.13. The molecule has 0 heterocycles. The first-order chi connectivity index (χ1) is 8.58. The summed E-state index contributed by atoms with van der Waals surface area (Å²) in [5.74, 6) is -1.30. The van der Waals surface area contributed by atoms with Gasteiger partial charge in [0.2, 0.25) is 0 Å². The van der Waals surface area contributed by atoms with Crippen LogP contribution in [0.1, 0.15) is 10.4 Å². The molecule has 2 rings (SSSR count). The van der Waals surface area contributed by atoms with Crippen LogP contribution in [0.4, 0.5) is 11.4 Å². The van der Waals surface area contributed by atoms with Gasteiger partial charge >= 0.3 is 0 Å². The van der Waals surface area contributed by atoms with Crippen LogP contribution in [0.2, 0.25) is 0 Å². The van der Waals surface area contributed by atoms with Gasteiger partial charge in [-0.2, -0.15) is 0 Å². The molecule has 5 nitrogen and oxygen atoms in total. The predicted octanol–water partition coefficient (Wildman–Crippen LogP) is 1.93. The molecule has 2 aromatic carbocycles. The van der Waals surface area contributed by atoms with Crippen LogP contribution in [0.5, 0.6) is 11.5 Å². The Morgan fingerprint density at radius 2 is 1.83 bits per heavy atom. The second-order valence-corrected chi connectivity index (χ2v) is 3.75. The zero-order chi connectivity index (χ0) is 13.1. The number of anilines is 2. The second-order valence-electron chi connectivity index (χ2n) is 3.75. The van der Waals surface area contributed by atoms with Crippen LogP contribution in [0, 0.1) is 0 Å². The van der Waals surface area contributed by atoms with Gasteiger partial charge in [-0.1, -0.05) is 12.1 Å². The number of hydrogen-bond donors (Lipinski definition) is 4. The molecule has 0 aliphatic rings. The van der Waals surface area contributed by atoms with Crippen molar-refractivity contribution in [3.63, 3.8) is 0 Å². The molecule has 1 amide bonds. The Labute approximate surface area is 103 Å². The summed E-state index contributed by atoms with van der Waals surface area (Å²) >= 11 is 0. The molecular formula is C13H12N2O3. The fourth-order valence-corrected chi connectivity index (χ4v) is 1.53. The average Bonchev–Trinajstić information content (AvgIpc) is 2.32. The molecular weight excluding hydrogens is 232 g/mol. The summed E-state index contributed by atoms with van der Waals surface area (Å²) in [6.07, 6.45) is 0. The van der Waals surface area contributed by atoms with Crippen LogP contribution in [-0.2, 0) is 0 Å². The fourth-order valence-electron chi connectivity index (χ4n) is 1.53. The minimum Gasteiger partial charge on any atom is -0.504 e. The number of carbonyl (C=O) groups excluding carboxylic acids is 1. The topological polar surface area (TPSA) is 95.6 Å². The van der Waals surface area contributed by atoms with Crippen molar-refractivity contribution in [3.05, 3.63) is 48.0 Å². The van der Waals surface area contributed by atoms with Crippen molar-refractivity contribution in [1.29, 1.82) is 0 Å². The number of nitrogen functional groups attached to an aromatic ring is 1. The lowest BCUT2D eigenvalue weighted by atomic mass is 10.1. The zero-order valence-corrected chi connectivity index (χ0v) is 9.42. The molecule has 0 unspecified atom stereocenters. The Morgan fingerprint density at radius 3 is 2.56 bits per heavy atom. The first kappa shape index (κ1) is 11.8. The molecule has 0 bridgehead atoms. The van der Waals surface area contributed by atoms with Crippen LogP contribution < -0.4 is 11.1 Å². The molecule has 0 saturated heterocycles. The third-order valence-electron chi connectivity index (χ3n) is 2.40. The Morgan fingerprint density at radius 1 is 1.11 bits per heavy atom. The second kappa shape index (κ2) is 4.67. The minimum atomic E-state index is -0.519. The molecule has 0 spiro atoms. The molecule has 0 aromatic heterocycles. The van der Waals surface area contributed by atoms with Crippen molar-refractivity contribution in [1.82, 2.24) is 0 Å². The van der Waals surface area contributed by atoms with Gasteiger partial charge in [-0.05, 0) is 30.3 Å². The normalized spacial score (nSPS) is 10.0. The Bertz CT molecular complexity index is 597. The van der Waals surface area contributed by atoms with Gasteiger partial charge in [0.05, 0.1) is 5.56 Å². The van der Waals surface area contributed by atoms with Crippen LogP contribution in [0.25, 0.3) is 0 Å². The number of nitrogens with two attached hydrogens (primary N) is 1. The van der Waals surface area contributed by atoms with E-state index in [0.29, 0.717) is 11.4 Å². The van der Waals surface area contributed by atoms with E-state index in [1.165, 1.54) is 18.2 Å². The average molecular weight is 244 g/mol. The highest BCUT2D eigenvalue weighted by Crippen LogP contribution is 2.28. The van der Waals surface area contributed by atoms with Crippen molar-refractivity contribution < 1.29 is 15.0 Å². The van der Waals surface area contributed by atoms with Crippen molar-refractivity contribution >= 4 is 17.3 Å². The molecule has 0 fully saturated rings. The predicted molar refractivity (Wildman–Crippen MR) is 68.6 cm³/mol. The maximum absolute atomic E-state index is 11.9. The molecule has 0 radical (unpaired) electrons. The number of phenolic OH excluding ortho intramolecular Hbond substituents is 2. The minimum absolute atomic E-state index is 0.00238. The van der Waals surface area contributed by atoms with Gasteiger partial charge in [0.1, 0.15) is 0 Å². The first-order valence-corrected chi connectivity index (χ1v) is 5.26. The number of amides is 1. The van der Waals surface area contributed by atoms with Gasteiger partial charge in [0.15, 0.2) is 11.5 Å². The summed E-state index contributed by atoms with van der Waals surface area (Å²) in [7, 11) is 0. The van der Waals surface area contributed by atoms with E-state index in [1.807, 2.05) is 0 Å². The van der Waals surface area contributed by atoms with Gasteiger partial charge in [-0.25, -0.2) is 0 Å². The Hall–Kier alpha value is -2.69. The number of carbonyl (C=O) groups is 1.